The lowest BCUT2D eigenvalue weighted by atomic mass is 10.2. The molecule has 0 atom stereocenters. The number of aryl methyl sites for hydroxylation is 1. The maximum atomic E-state index is 6.12. The number of benzene rings is 1. The Labute approximate surface area is 137 Å². The molecular formula is C15H13Cl2N3S. The molecule has 2 heterocycles. The average molecular weight is 338 g/mol. The van der Waals surface area contributed by atoms with Crippen molar-refractivity contribution >= 4 is 39.7 Å². The molecule has 0 saturated carbocycles. The summed E-state index contributed by atoms with van der Waals surface area (Å²) in [5.74, 6) is 0. The largest absolute Gasteiger partial charge is 0.375 e. The van der Waals surface area contributed by atoms with Gasteiger partial charge < -0.3 is 10.3 Å². The van der Waals surface area contributed by atoms with Gasteiger partial charge in [0.1, 0.15) is 0 Å². The Bertz CT molecular complexity index is 820. The van der Waals surface area contributed by atoms with Crippen molar-refractivity contribution in [1.29, 1.82) is 0 Å². The molecule has 0 aliphatic carbocycles. The molecule has 2 aromatic heterocycles. The SMILES string of the molecule is Cc1cc(-c2csc(N)n2)c(C)n1-c1ccc(Cl)c(Cl)c1. The van der Waals surface area contributed by atoms with E-state index in [1.807, 2.05) is 17.5 Å². The highest BCUT2D eigenvalue weighted by Gasteiger charge is 2.15. The first-order valence-corrected chi connectivity index (χ1v) is 7.96. The highest BCUT2D eigenvalue weighted by Crippen LogP contribution is 2.32. The minimum absolute atomic E-state index is 0.543. The molecule has 0 fully saturated rings. The second-order valence-corrected chi connectivity index (χ2v) is 6.49. The summed E-state index contributed by atoms with van der Waals surface area (Å²) in [5, 5.41) is 3.64. The Balaban J connectivity index is 2.16. The van der Waals surface area contributed by atoms with Crippen molar-refractivity contribution < 1.29 is 0 Å². The summed E-state index contributed by atoms with van der Waals surface area (Å²) in [4.78, 5) is 4.36. The standard InChI is InChI=1S/C15H13Cl2N3S/c1-8-5-11(14-7-21-15(18)19-14)9(2)20(8)10-3-4-12(16)13(17)6-10/h3-7H,1-2H3,(H2,18,19). The first-order chi connectivity index (χ1) is 9.97. The fourth-order valence-corrected chi connectivity index (χ4v) is 3.31. The molecule has 0 aliphatic heterocycles. The van der Waals surface area contributed by atoms with Crippen LogP contribution in [0.1, 0.15) is 11.4 Å². The van der Waals surface area contributed by atoms with Crippen molar-refractivity contribution in [3.63, 3.8) is 0 Å². The maximum Gasteiger partial charge on any atom is 0.180 e. The lowest BCUT2D eigenvalue weighted by molar-refractivity contribution is 0.966. The Kier molecular flexibility index (Phi) is 3.69. The van der Waals surface area contributed by atoms with E-state index in [1.165, 1.54) is 11.3 Å². The molecule has 1 aromatic carbocycles. The van der Waals surface area contributed by atoms with Gasteiger partial charge in [0.15, 0.2) is 5.13 Å². The van der Waals surface area contributed by atoms with E-state index in [1.54, 1.807) is 6.07 Å². The maximum absolute atomic E-state index is 6.12. The Morgan fingerprint density at radius 1 is 1.14 bits per heavy atom. The van der Waals surface area contributed by atoms with Crippen molar-refractivity contribution in [3.05, 3.63) is 51.1 Å². The molecule has 21 heavy (non-hydrogen) atoms. The lowest BCUT2D eigenvalue weighted by Crippen LogP contribution is -1.99. The highest BCUT2D eigenvalue weighted by molar-refractivity contribution is 7.13. The fraction of sp³-hybridized carbons (Fsp3) is 0.133. The van der Waals surface area contributed by atoms with E-state index < -0.39 is 0 Å². The molecule has 108 valence electrons. The van der Waals surface area contributed by atoms with Crippen molar-refractivity contribution in [2.45, 2.75) is 13.8 Å². The molecule has 2 N–H and O–H groups in total. The predicted octanol–water partition coefficient (Wildman–Crippen LogP) is 5.11. The van der Waals surface area contributed by atoms with Gasteiger partial charge in [-0.2, -0.15) is 0 Å². The van der Waals surface area contributed by atoms with Crippen LogP contribution < -0.4 is 5.73 Å². The van der Waals surface area contributed by atoms with Crippen LogP contribution in [0.15, 0.2) is 29.6 Å². The van der Waals surface area contributed by atoms with Gasteiger partial charge >= 0.3 is 0 Å². The van der Waals surface area contributed by atoms with Gasteiger partial charge in [-0.25, -0.2) is 4.98 Å². The Morgan fingerprint density at radius 3 is 2.52 bits per heavy atom. The number of nitrogens with two attached hydrogens (primary N) is 1. The molecule has 0 amide bonds. The molecule has 0 bridgehead atoms. The smallest absolute Gasteiger partial charge is 0.180 e. The zero-order valence-corrected chi connectivity index (χ0v) is 13.9. The van der Waals surface area contributed by atoms with Gasteiger partial charge in [0.2, 0.25) is 0 Å². The van der Waals surface area contributed by atoms with E-state index in [0.29, 0.717) is 15.2 Å². The van der Waals surface area contributed by atoms with E-state index in [9.17, 15) is 0 Å². The van der Waals surface area contributed by atoms with Crippen LogP contribution in [-0.4, -0.2) is 9.55 Å². The molecule has 3 rings (SSSR count). The zero-order valence-electron chi connectivity index (χ0n) is 11.5. The van der Waals surface area contributed by atoms with Gasteiger partial charge in [0.25, 0.3) is 0 Å². The van der Waals surface area contributed by atoms with Crippen molar-refractivity contribution in [1.82, 2.24) is 9.55 Å². The molecular weight excluding hydrogens is 325 g/mol. The number of nitrogens with zero attached hydrogens (tertiary/aromatic N) is 2. The average Bonchev–Trinajstić information content (AvgIpc) is 2.97. The highest BCUT2D eigenvalue weighted by atomic mass is 35.5. The van der Waals surface area contributed by atoms with E-state index in [2.05, 4.69) is 29.5 Å². The Morgan fingerprint density at radius 2 is 1.90 bits per heavy atom. The van der Waals surface area contributed by atoms with Crippen LogP contribution in [0.5, 0.6) is 0 Å². The van der Waals surface area contributed by atoms with Gasteiger partial charge in [-0.05, 0) is 38.1 Å². The van der Waals surface area contributed by atoms with Crippen molar-refractivity contribution in [2.24, 2.45) is 0 Å². The van der Waals surface area contributed by atoms with Gasteiger partial charge in [0, 0.05) is 28.0 Å². The summed E-state index contributed by atoms with van der Waals surface area (Å²) in [6, 6.07) is 7.72. The van der Waals surface area contributed by atoms with E-state index in [4.69, 9.17) is 28.9 Å². The molecule has 0 spiro atoms. The number of hydrogen-bond donors (Lipinski definition) is 1. The van der Waals surface area contributed by atoms with Crippen LogP contribution in [0.3, 0.4) is 0 Å². The van der Waals surface area contributed by atoms with Gasteiger partial charge in [0.05, 0.1) is 15.7 Å². The molecule has 0 radical (unpaired) electrons. The van der Waals surface area contributed by atoms with Crippen molar-refractivity contribution in [3.8, 4) is 16.9 Å². The Hall–Kier alpha value is -1.49. The van der Waals surface area contributed by atoms with Crippen LogP contribution in [0.4, 0.5) is 5.13 Å². The van der Waals surface area contributed by atoms with Crippen LogP contribution in [-0.2, 0) is 0 Å². The molecule has 0 unspecified atom stereocenters. The third-order valence-electron chi connectivity index (χ3n) is 3.39. The van der Waals surface area contributed by atoms with Crippen LogP contribution in [0.25, 0.3) is 16.9 Å². The van der Waals surface area contributed by atoms with E-state index in [0.717, 1.165) is 28.3 Å². The summed E-state index contributed by atoms with van der Waals surface area (Å²) in [5.41, 5.74) is 10.9. The molecule has 0 aliphatic rings. The molecule has 3 aromatic rings. The number of hydrogen-bond acceptors (Lipinski definition) is 3. The lowest BCUT2D eigenvalue weighted by Gasteiger charge is -2.10. The molecule has 0 saturated heterocycles. The second kappa shape index (κ2) is 5.37. The summed E-state index contributed by atoms with van der Waals surface area (Å²) in [6.45, 7) is 4.11. The summed E-state index contributed by atoms with van der Waals surface area (Å²) < 4.78 is 2.13. The van der Waals surface area contributed by atoms with E-state index in [-0.39, 0.29) is 0 Å². The predicted molar refractivity (Wildman–Crippen MR) is 90.8 cm³/mol. The minimum atomic E-state index is 0.543. The summed E-state index contributed by atoms with van der Waals surface area (Å²) >= 11 is 13.6. The number of rotatable bonds is 2. The first-order valence-electron chi connectivity index (χ1n) is 6.33. The van der Waals surface area contributed by atoms with Crippen molar-refractivity contribution in [2.75, 3.05) is 5.73 Å². The zero-order chi connectivity index (χ0) is 15.1. The number of thiazole rings is 1. The molecule has 6 heteroatoms. The van der Waals surface area contributed by atoms with Gasteiger partial charge in [-0.3, -0.25) is 0 Å². The summed E-state index contributed by atoms with van der Waals surface area (Å²) in [7, 11) is 0. The quantitative estimate of drug-likeness (QED) is 0.706. The number of nitrogen functional groups attached to an aromatic ring is 1. The first kappa shape index (κ1) is 14.4. The summed E-state index contributed by atoms with van der Waals surface area (Å²) in [6.07, 6.45) is 0. The topological polar surface area (TPSA) is 43.8 Å². The third-order valence-corrected chi connectivity index (χ3v) is 4.80. The van der Waals surface area contributed by atoms with Gasteiger partial charge in [-0.15, -0.1) is 11.3 Å². The van der Waals surface area contributed by atoms with Crippen LogP contribution >= 0.6 is 34.5 Å². The molecule has 3 nitrogen and oxygen atoms in total. The minimum Gasteiger partial charge on any atom is -0.375 e. The normalized spacial score (nSPS) is 11.0. The van der Waals surface area contributed by atoms with Crippen LogP contribution in [0, 0.1) is 13.8 Å². The number of halogens is 2. The van der Waals surface area contributed by atoms with E-state index >= 15 is 0 Å². The fourth-order valence-electron chi connectivity index (χ4n) is 2.45. The van der Waals surface area contributed by atoms with Gasteiger partial charge in [-0.1, -0.05) is 23.2 Å². The van der Waals surface area contributed by atoms with Crippen LogP contribution in [0.2, 0.25) is 10.0 Å². The monoisotopic (exact) mass is 337 g/mol. The second-order valence-electron chi connectivity index (χ2n) is 4.79. The number of aromatic nitrogens is 2. The third kappa shape index (κ3) is 2.55. The number of anilines is 1.